The molecule has 2 aromatic rings. The second kappa shape index (κ2) is 10.8. The average Bonchev–Trinajstić information content (AvgIpc) is 2.90. The van der Waals surface area contributed by atoms with Gasteiger partial charge in [0, 0.05) is 19.6 Å². The van der Waals surface area contributed by atoms with Crippen molar-refractivity contribution in [3.8, 4) is 0 Å². The van der Waals surface area contributed by atoms with Crippen LogP contribution in [-0.4, -0.2) is 59.0 Å². The van der Waals surface area contributed by atoms with Gasteiger partial charge in [-0.3, -0.25) is 9.59 Å². The number of aromatic nitrogens is 1. The fraction of sp³-hybridized carbons (Fsp3) is 0.524. The number of esters is 1. The maximum atomic E-state index is 12.4. The second-order valence-corrected chi connectivity index (χ2v) is 9.09. The van der Waals surface area contributed by atoms with Crippen molar-refractivity contribution >= 4 is 51.1 Å². The van der Waals surface area contributed by atoms with Crippen LogP contribution in [0, 0.1) is 0 Å². The first-order chi connectivity index (χ1) is 14.5. The molecule has 2 heterocycles. The Morgan fingerprint density at radius 2 is 1.87 bits per heavy atom. The minimum absolute atomic E-state index is 0.107. The van der Waals surface area contributed by atoms with Gasteiger partial charge in [-0.25, -0.2) is 4.79 Å². The highest BCUT2D eigenvalue weighted by molar-refractivity contribution is 8.00. The van der Waals surface area contributed by atoms with Gasteiger partial charge in [0.2, 0.25) is 5.91 Å². The summed E-state index contributed by atoms with van der Waals surface area (Å²) in [6, 6.07) is 5.32. The number of hydrogen-bond donors (Lipinski definition) is 0. The van der Waals surface area contributed by atoms with Crippen molar-refractivity contribution in [3.63, 3.8) is 0 Å². The van der Waals surface area contributed by atoms with E-state index in [-0.39, 0.29) is 17.6 Å². The van der Waals surface area contributed by atoms with E-state index in [0.717, 1.165) is 36.1 Å². The first-order valence-corrected chi connectivity index (χ1v) is 12.2. The molecule has 30 heavy (non-hydrogen) atoms. The molecule has 0 unspecified atom stereocenters. The highest BCUT2D eigenvalue weighted by Gasteiger charge is 2.16. The van der Waals surface area contributed by atoms with Gasteiger partial charge >= 0.3 is 5.97 Å². The van der Waals surface area contributed by atoms with Crippen molar-refractivity contribution in [3.05, 3.63) is 28.6 Å². The molecule has 0 saturated carbocycles. The molecule has 1 saturated heterocycles. The Hall–Kier alpha value is -2.13. The molecule has 0 atom stereocenters. The number of methoxy groups -OCH3 is 1. The Labute approximate surface area is 184 Å². The van der Waals surface area contributed by atoms with Crippen LogP contribution in [0.5, 0.6) is 0 Å². The number of hydrogen-bond acceptors (Lipinski definition) is 6. The third kappa shape index (κ3) is 5.51. The number of ether oxygens (including phenoxy) is 1. The molecule has 1 aliphatic rings. The molecule has 7 nitrogen and oxygen atoms in total. The average molecular weight is 450 g/mol. The first-order valence-electron chi connectivity index (χ1n) is 10.2. The lowest BCUT2D eigenvalue weighted by Crippen LogP contribution is -2.33. The molecule has 162 valence electrons. The van der Waals surface area contributed by atoms with Crippen LogP contribution in [-0.2, 0) is 20.9 Å². The normalized spacial score (nSPS) is 15.3. The highest BCUT2D eigenvalue weighted by atomic mass is 32.2. The van der Waals surface area contributed by atoms with Crippen LogP contribution < -0.4 is 4.80 Å². The van der Waals surface area contributed by atoms with Gasteiger partial charge in [-0.1, -0.05) is 24.2 Å². The van der Waals surface area contributed by atoms with E-state index in [0.29, 0.717) is 22.7 Å². The van der Waals surface area contributed by atoms with E-state index in [1.165, 1.54) is 43.1 Å². The minimum atomic E-state index is -0.395. The number of carbonyl (C=O) groups is 3. The van der Waals surface area contributed by atoms with Crippen LogP contribution >= 0.6 is 23.1 Å². The smallest absolute Gasteiger partial charge is 0.337 e. The monoisotopic (exact) mass is 449 g/mol. The Kier molecular flexibility index (Phi) is 8.09. The van der Waals surface area contributed by atoms with E-state index < -0.39 is 5.97 Å². The Morgan fingerprint density at radius 1 is 1.13 bits per heavy atom. The fourth-order valence-electron chi connectivity index (χ4n) is 3.48. The zero-order valence-corrected chi connectivity index (χ0v) is 19.0. The maximum Gasteiger partial charge on any atom is 0.337 e. The molecular formula is C21H27N3O4S2. The molecule has 2 amide bonds. The molecule has 1 aromatic carbocycles. The van der Waals surface area contributed by atoms with Gasteiger partial charge in [-0.2, -0.15) is 4.99 Å². The first kappa shape index (κ1) is 22.6. The number of carbonyl (C=O) groups excluding carboxylic acids is 3. The highest BCUT2D eigenvalue weighted by Crippen LogP contribution is 2.20. The second-order valence-electron chi connectivity index (χ2n) is 7.10. The number of likely N-dealkylation sites (tertiary alicyclic amines) is 1. The van der Waals surface area contributed by atoms with Gasteiger partial charge in [0.1, 0.15) is 0 Å². The number of amides is 2. The van der Waals surface area contributed by atoms with Crippen LogP contribution in [0.1, 0.15) is 43.0 Å². The van der Waals surface area contributed by atoms with Crippen molar-refractivity contribution < 1.29 is 19.1 Å². The Balaban J connectivity index is 1.66. The molecule has 0 radical (unpaired) electrons. The van der Waals surface area contributed by atoms with Gasteiger partial charge in [-0.05, 0) is 38.0 Å². The van der Waals surface area contributed by atoms with Gasteiger partial charge in [-0.15, -0.1) is 11.8 Å². The summed E-state index contributed by atoms with van der Waals surface area (Å²) < 4.78 is 7.60. The number of thiazole rings is 1. The van der Waals surface area contributed by atoms with Crippen molar-refractivity contribution in [2.45, 2.75) is 39.2 Å². The Bertz CT molecular complexity index is 988. The number of thioether (sulfide) groups is 1. The summed E-state index contributed by atoms with van der Waals surface area (Å²) in [5, 5.41) is 0. The number of aryl methyl sites for hydroxylation is 1. The van der Waals surface area contributed by atoms with Gasteiger partial charge in [0.25, 0.3) is 5.91 Å². The van der Waals surface area contributed by atoms with Gasteiger partial charge in [0.15, 0.2) is 4.80 Å². The SMILES string of the molecule is CCn1c(=NC(=O)CSCC(=O)N2CCCCCC2)sc2cc(C(=O)OC)ccc21. The lowest BCUT2D eigenvalue weighted by Gasteiger charge is -2.19. The zero-order chi connectivity index (χ0) is 21.5. The van der Waals surface area contributed by atoms with E-state index >= 15 is 0 Å². The van der Waals surface area contributed by atoms with Crippen LogP contribution in [0.2, 0.25) is 0 Å². The van der Waals surface area contributed by atoms with Crippen LogP contribution in [0.15, 0.2) is 23.2 Å². The van der Waals surface area contributed by atoms with E-state index in [4.69, 9.17) is 4.74 Å². The molecule has 0 aliphatic carbocycles. The van der Waals surface area contributed by atoms with Crippen molar-refractivity contribution in [2.75, 3.05) is 31.7 Å². The lowest BCUT2D eigenvalue weighted by atomic mass is 10.2. The predicted octanol–water partition coefficient (Wildman–Crippen LogP) is 3.07. The molecular weight excluding hydrogens is 422 g/mol. The summed E-state index contributed by atoms with van der Waals surface area (Å²) >= 11 is 2.69. The molecule has 1 fully saturated rings. The third-order valence-electron chi connectivity index (χ3n) is 5.05. The van der Waals surface area contributed by atoms with Crippen LogP contribution in [0.3, 0.4) is 0 Å². The van der Waals surface area contributed by atoms with Crippen molar-refractivity contribution in [1.29, 1.82) is 0 Å². The quantitative estimate of drug-likeness (QED) is 0.633. The van der Waals surface area contributed by atoms with Crippen molar-refractivity contribution in [1.82, 2.24) is 9.47 Å². The summed E-state index contributed by atoms with van der Waals surface area (Å²) in [4.78, 5) is 43.3. The van der Waals surface area contributed by atoms with Crippen LogP contribution in [0.4, 0.5) is 0 Å². The summed E-state index contributed by atoms with van der Waals surface area (Å²) in [5.74, 6) is -0.0657. The number of fused-ring (bicyclic) bond motifs is 1. The summed E-state index contributed by atoms with van der Waals surface area (Å²) in [5.41, 5.74) is 1.39. The molecule has 0 N–H and O–H groups in total. The van der Waals surface area contributed by atoms with E-state index in [1.54, 1.807) is 12.1 Å². The molecule has 1 aromatic heterocycles. The number of benzene rings is 1. The third-order valence-corrected chi connectivity index (χ3v) is 6.99. The van der Waals surface area contributed by atoms with Crippen LogP contribution in [0.25, 0.3) is 10.2 Å². The van der Waals surface area contributed by atoms with E-state index in [1.807, 2.05) is 22.5 Å². The number of rotatable bonds is 6. The molecule has 0 spiro atoms. The topological polar surface area (TPSA) is 81.0 Å². The molecule has 1 aliphatic heterocycles. The standard InChI is InChI=1S/C21H27N3O4S2/c1-3-24-16-9-8-15(20(27)28-2)12-17(16)30-21(24)22-18(25)13-29-14-19(26)23-10-6-4-5-7-11-23/h8-9,12H,3-7,10-11,13-14H2,1-2H3. The minimum Gasteiger partial charge on any atom is -0.465 e. The predicted molar refractivity (Wildman–Crippen MR) is 120 cm³/mol. The zero-order valence-electron chi connectivity index (χ0n) is 17.4. The number of nitrogens with zero attached hydrogens (tertiary/aromatic N) is 3. The Morgan fingerprint density at radius 3 is 2.53 bits per heavy atom. The fourth-order valence-corrected chi connectivity index (χ4v) is 5.33. The largest absolute Gasteiger partial charge is 0.465 e. The maximum absolute atomic E-state index is 12.4. The molecule has 9 heteroatoms. The van der Waals surface area contributed by atoms with Crippen molar-refractivity contribution in [2.24, 2.45) is 4.99 Å². The lowest BCUT2D eigenvalue weighted by molar-refractivity contribution is -0.128. The summed E-state index contributed by atoms with van der Waals surface area (Å²) in [6.45, 7) is 4.29. The molecule has 0 bridgehead atoms. The van der Waals surface area contributed by atoms with Gasteiger partial charge in [0.05, 0.1) is 34.4 Å². The van der Waals surface area contributed by atoms with Gasteiger partial charge < -0.3 is 14.2 Å². The summed E-state index contributed by atoms with van der Waals surface area (Å²) in [7, 11) is 1.35. The van der Waals surface area contributed by atoms with E-state index in [2.05, 4.69) is 4.99 Å². The molecule has 3 rings (SSSR count). The summed E-state index contributed by atoms with van der Waals surface area (Å²) in [6.07, 6.45) is 4.49. The van der Waals surface area contributed by atoms with E-state index in [9.17, 15) is 14.4 Å².